The van der Waals surface area contributed by atoms with Gasteiger partial charge in [0.05, 0.1) is 27.2 Å². The van der Waals surface area contributed by atoms with Crippen LogP contribution in [0.15, 0.2) is 42.5 Å². The number of hydrogen-bond donors (Lipinski definition) is 0. The van der Waals surface area contributed by atoms with Crippen molar-refractivity contribution < 1.29 is 9.90 Å². The second-order valence-electron chi connectivity index (χ2n) is 4.91. The van der Waals surface area contributed by atoms with Gasteiger partial charge in [0, 0.05) is 16.5 Å². The van der Waals surface area contributed by atoms with E-state index in [1.165, 1.54) is 6.07 Å². The lowest BCUT2D eigenvalue weighted by molar-refractivity contribution is -0.254. The Bertz CT molecular complexity index is 886. The van der Waals surface area contributed by atoms with Crippen LogP contribution in [0.1, 0.15) is 15.9 Å². The summed E-state index contributed by atoms with van der Waals surface area (Å²) in [6, 6.07) is 11.9. The van der Waals surface area contributed by atoms with Gasteiger partial charge in [-0.2, -0.15) is 0 Å². The first-order valence-electron chi connectivity index (χ1n) is 6.55. The molecule has 2 aromatic carbocycles. The van der Waals surface area contributed by atoms with Gasteiger partial charge < -0.3 is 9.90 Å². The van der Waals surface area contributed by atoms with Crippen LogP contribution in [0.5, 0.6) is 0 Å². The zero-order valence-electron chi connectivity index (χ0n) is 11.6. The fourth-order valence-corrected chi connectivity index (χ4v) is 3.02. The number of halogens is 2. The fraction of sp³-hybridized carbons (Fsp3) is 0.0588. The number of aryl methyl sites for hydroxylation is 1. The molecule has 0 radical (unpaired) electrons. The van der Waals surface area contributed by atoms with E-state index in [9.17, 15) is 9.90 Å². The molecular weight excluding hydrogens is 321 g/mol. The van der Waals surface area contributed by atoms with E-state index in [0.717, 1.165) is 5.56 Å². The van der Waals surface area contributed by atoms with E-state index in [1.807, 2.05) is 13.0 Å². The summed E-state index contributed by atoms with van der Waals surface area (Å²) in [7, 11) is 0. The molecule has 0 aliphatic heterocycles. The fourth-order valence-electron chi connectivity index (χ4n) is 2.43. The van der Waals surface area contributed by atoms with Gasteiger partial charge in [0.25, 0.3) is 0 Å². The lowest BCUT2D eigenvalue weighted by Gasteiger charge is -2.13. The van der Waals surface area contributed by atoms with E-state index in [4.69, 9.17) is 23.2 Å². The Hall–Kier alpha value is -2.10. The van der Waals surface area contributed by atoms with E-state index in [-0.39, 0.29) is 5.56 Å². The van der Waals surface area contributed by atoms with Crippen LogP contribution in [0, 0.1) is 6.92 Å². The maximum absolute atomic E-state index is 11.5. The number of hydrogen-bond acceptors (Lipinski definition) is 3. The number of pyridine rings is 1. The largest absolute Gasteiger partial charge is 0.545 e. The summed E-state index contributed by atoms with van der Waals surface area (Å²) in [6.45, 7) is 1.87. The van der Waals surface area contributed by atoms with Crippen molar-refractivity contribution in [3.8, 4) is 11.3 Å². The van der Waals surface area contributed by atoms with Gasteiger partial charge in [0.1, 0.15) is 0 Å². The van der Waals surface area contributed by atoms with Crippen LogP contribution in [-0.2, 0) is 0 Å². The van der Waals surface area contributed by atoms with Gasteiger partial charge in [-0.05, 0) is 30.7 Å². The molecule has 22 heavy (non-hydrogen) atoms. The van der Waals surface area contributed by atoms with Crippen molar-refractivity contribution in [2.24, 2.45) is 0 Å². The van der Waals surface area contributed by atoms with Gasteiger partial charge in [0.2, 0.25) is 0 Å². The molecule has 0 saturated carbocycles. The molecular formula is C17H10Cl2NO2-. The summed E-state index contributed by atoms with van der Waals surface area (Å²) >= 11 is 12.4. The lowest BCUT2D eigenvalue weighted by Crippen LogP contribution is -2.22. The van der Waals surface area contributed by atoms with Crippen molar-refractivity contribution in [2.75, 3.05) is 0 Å². The number of aromatic carboxylic acids is 1. The number of fused-ring (bicyclic) bond motifs is 1. The molecule has 1 heterocycles. The molecule has 3 rings (SSSR count). The van der Waals surface area contributed by atoms with Crippen molar-refractivity contribution in [2.45, 2.75) is 6.92 Å². The number of nitrogens with zero attached hydrogens (tertiary/aromatic N) is 1. The predicted molar refractivity (Wildman–Crippen MR) is 86.3 cm³/mol. The summed E-state index contributed by atoms with van der Waals surface area (Å²) < 4.78 is 0. The van der Waals surface area contributed by atoms with Crippen LogP contribution in [-0.4, -0.2) is 11.0 Å². The maximum Gasteiger partial charge on any atom is 0.0746 e. The van der Waals surface area contributed by atoms with Gasteiger partial charge in [0.15, 0.2) is 0 Å². The van der Waals surface area contributed by atoms with Crippen molar-refractivity contribution >= 4 is 40.1 Å². The van der Waals surface area contributed by atoms with Gasteiger partial charge in [-0.1, -0.05) is 47.5 Å². The summed E-state index contributed by atoms with van der Waals surface area (Å²) in [5.41, 5.74) is 2.45. The molecule has 0 N–H and O–H groups in total. The first-order chi connectivity index (χ1) is 10.5. The Balaban J connectivity index is 2.42. The highest BCUT2D eigenvalue weighted by Crippen LogP contribution is 2.35. The molecule has 0 aliphatic carbocycles. The minimum atomic E-state index is -1.26. The molecule has 0 spiro atoms. The zero-order valence-corrected chi connectivity index (χ0v) is 13.1. The molecule has 110 valence electrons. The Morgan fingerprint density at radius 2 is 1.73 bits per heavy atom. The van der Waals surface area contributed by atoms with Crippen LogP contribution in [0.2, 0.25) is 10.0 Å². The van der Waals surface area contributed by atoms with Crippen molar-refractivity contribution in [1.82, 2.24) is 4.98 Å². The number of carbonyl (C=O) groups excluding carboxylic acids is 1. The van der Waals surface area contributed by atoms with Crippen LogP contribution in [0.3, 0.4) is 0 Å². The summed E-state index contributed by atoms with van der Waals surface area (Å²) in [5.74, 6) is -1.26. The Kier molecular flexibility index (Phi) is 3.77. The molecule has 0 amide bonds. The van der Waals surface area contributed by atoms with Crippen LogP contribution < -0.4 is 5.11 Å². The highest BCUT2D eigenvalue weighted by atomic mass is 35.5. The van der Waals surface area contributed by atoms with E-state index in [2.05, 4.69) is 4.98 Å². The average molecular weight is 331 g/mol. The van der Waals surface area contributed by atoms with Gasteiger partial charge in [-0.3, -0.25) is 0 Å². The molecule has 3 aromatic rings. The first-order valence-corrected chi connectivity index (χ1v) is 7.30. The van der Waals surface area contributed by atoms with E-state index in [0.29, 0.717) is 32.2 Å². The minimum absolute atomic E-state index is 0.0692. The highest BCUT2D eigenvalue weighted by molar-refractivity contribution is 6.39. The van der Waals surface area contributed by atoms with Gasteiger partial charge >= 0.3 is 0 Å². The van der Waals surface area contributed by atoms with Crippen molar-refractivity contribution in [3.63, 3.8) is 0 Å². The molecule has 0 unspecified atom stereocenters. The second kappa shape index (κ2) is 5.59. The summed E-state index contributed by atoms with van der Waals surface area (Å²) in [4.78, 5) is 16.0. The van der Waals surface area contributed by atoms with Crippen molar-refractivity contribution in [1.29, 1.82) is 0 Å². The molecule has 1 aromatic heterocycles. The topological polar surface area (TPSA) is 53.0 Å². The van der Waals surface area contributed by atoms with E-state index < -0.39 is 5.97 Å². The second-order valence-corrected chi connectivity index (χ2v) is 5.72. The smallest absolute Gasteiger partial charge is 0.0746 e. The normalized spacial score (nSPS) is 10.9. The molecule has 0 aliphatic rings. The first kappa shape index (κ1) is 14.8. The molecule has 0 atom stereocenters. The third-order valence-electron chi connectivity index (χ3n) is 3.48. The predicted octanol–water partition coefficient (Wildman–Crippen LogP) is 3.88. The third-order valence-corrected chi connectivity index (χ3v) is 4.11. The molecule has 3 nitrogen and oxygen atoms in total. The molecule has 0 saturated heterocycles. The monoisotopic (exact) mass is 330 g/mol. The van der Waals surface area contributed by atoms with Crippen molar-refractivity contribution in [3.05, 3.63) is 63.6 Å². The SMILES string of the molecule is Cc1cccc2c(C(=O)[O-])cc(-c3c(Cl)cccc3Cl)nc12. The lowest BCUT2D eigenvalue weighted by atomic mass is 10.0. The Labute approximate surface area is 137 Å². The number of carbonyl (C=O) groups is 1. The number of carboxylic acid groups (broad SMARTS) is 1. The molecule has 5 heteroatoms. The number of carboxylic acids is 1. The summed E-state index contributed by atoms with van der Waals surface area (Å²) in [5, 5.41) is 12.8. The number of rotatable bonds is 2. The quantitative estimate of drug-likeness (QED) is 0.716. The van der Waals surface area contributed by atoms with Gasteiger partial charge in [-0.15, -0.1) is 0 Å². The van der Waals surface area contributed by atoms with Crippen LogP contribution in [0.25, 0.3) is 22.2 Å². The number of para-hydroxylation sites is 1. The Morgan fingerprint density at radius 3 is 2.36 bits per heavy atom. The molecule has 0 bridgehead atoms. The van der Waals surface area contributed by atoms with Crippen LogP contribution >= 0.6 is 23.2 Å². The number of aromatic nitrogens is 1. The standard InChI is InChI=1S/C17H11Cl2NO2/c1-9-4-2-5-10-11(17(21)22)8-14(20-16(9)10)15-12(18)6-3-7-13(15)19/h2-8H,1H3,(H,21,22)/p-1. The Morgan fingerprint density at radius 1 is 1.09 bits per heavy atom. The minimum Gasteiger partial charge on any atom is -0.545 e. The van der Waals surface area contributed by atoms with E-state index >= 15 is 0 Å². The molecule has 0 fully saturated rings. The average Bonchev–Trinajstić information content (AvgIpc) is 2.47. The highest BCUT2D eigenvalue weighted by Gasteiger charge is 2.14. The third kappa shape index (κ3) is 2.43. The number of benzene rings is 2. The summed E-state index contributed by atoms with van der Waals surface area (Å²) in [6.07, 6.45) is 0. The maximum atomic E-state index is 11.5. The van der Waals surface area contributed by atoms with Gasteiger partial charge in [-0.25, -0.2) is 4.98 Å². The van der Waals surface area contributed by atoms with Crippen LogP contribution in [0.4, 0.5) is 0 Å². The zero-order chi connectivity index (χ0) is 15.9. The van der Waals surface area contributed by atoms with E-state index in [1.54, 1.807) is 30.3 Å².